The van der Waals surface area contributed by atoms with Crippen molar-refractivity contribution in [2.75, 3.05) is 6.54 Å². The van der Waals surface area contributed by atoms with Crippen molar-refractivity contribution in [3.05, 3.63) is 20.8 Å². The minimum atomic E-state index is -0.621. The summed E-state index contributed by atoms with van der Waals surface area (Å²) < 4.78 is 1.17. The molecule has 1 saturated carbocycles. The molecule has 1 aliphatic rings. The number of carboxylic acids is 1. The monoisotopic (exact) mass is 331 g/mol. The summed E-state index contributed by atoms with van der Waals surface area (Å²) in [6.07, 6.45) is 3.76. The van der Waals surface area contributed by atoms with Gasteiger partial charge in [-0.25, -0.2) is 0 Å². The van der Waals surface area contributed by atoms with Crippen molar-refractivity contribution in [3.8, 4) is 0 Å². The zero-order chi connectivity index (χ0) is 13.0. The van der Waals surface area contributed by atoms with Crippen LogP contribution in [0.4, 0.5) is 0 Å². The van der Waals surface area contributed by atoms with Gasteiger partial charge in [-0.2, -0.15) is 0 Å². The van der Waals surface area contributed by atoms with Crippen molar-refractivity contribution in [1.82, 2.24) is 5.32 Å². The minimum absolute atomic E-state index is 0.102. The van der Waals surface area contributed by atoms with E-state index in [1.54, 1.807) is 11.3 Å². The molecule has 18 heavy (non-hydrogen) atoms. The van der Waals surface area contributed by atoms with E-state index in [1.807, 2.05) is 0 Å². The SMILES string of the molecule is O=C(O)C1CCC(CNCc2ccc(Br)s2)CC1. The smallest absolute Gasteiger partial charge is 0.306 e. The van der Waals surface area contributed by atoms with Gasteiger partial charge in [-0.15, -0.1) is 11.3 Å². The molecule has 0 bridgehead atoms. The van der Waals surface area contributed by atoms with Gasteiger partial charge in [0.25, 0.3) is 0 Å². The summed E-state index contributed by atoms with van der Waals surface area (Å²) in [5.74, 6) is -0.0802. The van der Waals surface area contributed by atoms with E-state index >= 15 is 0 Å². The Labute approximate surface area is 120 Å². The highest BCUT2D eigenvalue weighted by molar-refractivity contribution is 9.11. The summed E-state index contributed by atoms with van der Waals surface area (Å²) in [7, 11) is 0. The molecule has 2 N–H and O–H groups in total. The minimum Gasteiger partial charge on any atom is -0.481 e. The number of aliphatic carboxylic acids is 1. The van der Waals surface area contributed by atoms with Crippen molar-refractivity contribution in [2.24, 2.45) is 11.8 Å². The molecule has 1 aromatic heterocycles. The number of hydrogen-bond acceptors (Lipinski definition) is 3. The molecule has 0 amide bonds. The van der Waals surface area contributed by atoms with Gasteiger partial charge in [0.05, 0.1) is 9.70 Å². The van der Waals surface area contributed by atoms with E-state index in [1.165, 1.54) is 8.66 Å². The molecule has 0 spiro atoms. The van der Waals surface area contributed by atoms with Gasteiger partial charge in [-0.3, -0.25) is 4.79 Å². The molecule has 0 saturated heterocycles. The molecule has 2 rings (SSSR count). The molecule has 1 heterocycles. The molecule has 0 aromatic carbocycles. The highest BCUT2D eigenvalue weighted by Gasteiger charge is 2.25. The van der Waals surface area contributed by atoms with Gasteiger partial charge in [0, 0.05) is 11.4 Å². The zero-order valence-corrected chi connectivity index (χ0v) is 12.6. The van der Waals surface area contributed by atoms with Crippen molar-refractivity contribution in [3.63, 3.8) is 0 Å². The summed E-state index contributed by atoms with van der Waals surface area (Å²) in [6, 6.07) is 4.20. The zero-order valence-electron chi connectivity index (χ0n) is 10.2. The van der Waals surface area contributed by atoms with E-state index in [0.29, 0.717) is 5.92 Å². The quantitative estimate of drug-likeness (QED) is 0.868. The fourth-order valence-electron chi connectivity index (χ4n) is 2.46. The second-order valence-corrected chi connectivity index (χ2v) is 7.44. The standard InChI is InChI=1S/C13H18BrNO2S/c14-12-6-5-11(18-12)8-15-7-9-1-3-10(4-2-9)13(16)17/h5-6,9-10,15H,1-4,7-8H2,(H,16,17). The molecule has 1 aromatic rings. The van der Waals surface area contributed by atoms with Crippen molar-refractivity contribution < 1.29 is 9.90 Å². The van der Waals surface area contributed by atoms with E-state index in [0.717, 1.165) is 38.8 Å². The Morgan fingerprint density at radius 1 is 1.39 bits per heavy atom. The number of carboxylic acid groups (broad SMARTS) is 1. The second-order valence-electron chi connectivity index (χ2n) is 4.89. The first-order valence-corrected chi connectivity index (χ1v) is 7.94. The third kappa shape index (κ3) is 4.07. The van der Waals surface area contributed by atoms with Crippen LogP contribution in [0.2, 0.25) is 0 Å². The summed E-state index contributed by atoms with van der Waals surface area (Å²) in [5, 5.41) is 12.4. The molecule has 0 aliphatic heterocycles. The largest absolute Gasteiger partial charge is 0.481 e. The third-order valence-electron chi connectivity index (χ3n) is 3.56. The molecule has 1 fully saturated rings. The summed E-state index contributed by atoms with van der Waals surface area (Å²) >= 11 is 5.21. The highest BCUT2D eigenvalue weighted by atomic mass is 79.9. The van der Waals surface area contributed by atoms with Gasteiger partial charge in [0.1, 0.15) is 0 Å². The predicted molar refractivity (Wildman–Crippen MR) is 76.8 cm³/mol. The average Bonchev–Trinajstić information content (AvgIpc) is 2.76. The first kappa shape index (κ1) is 14.0. The van der Waals surface area contributed by atoms with E-state index in [2.05, 4.69) is 33.4 Å². The van der Waals surface area contributed by atoms with E-state index in [9.17, 15) is 4.79 Å². The van der Waals surface area contributed by atoms with Crippen molar-refractivity contribution >= 4 is 33.2 Å². The Kier molecular flexibility index (Phi) is 5.21. The maximum absolute atomic E-state index is 10.8. The van der Waals surface area contributed by atoms with Gasteiger partial charge in [-0.05, 0) is 66.2 Å². The molecular formula is C13H18BrNO2S. The van der Waals surface area contributed by atoms with Crippen LogP contribution in [-0.4, -0.2) is 17.6 Å². The average molecular weight is 332 g/mol. The molecule has 100 valence electrons. The van der Waals surface area contributed by atoms with Crippen LogP contribution in [-0.2, 0) is 11.3 Å². The maximum Gasteiger partial charge on any atom is 0.306 e. The van der Waals surface area contributed by atoms with E-state index in [-0.39, 0.29) is 5.92 Å². The molecule has 5 heteroatoms. The lowest BCUT2D eigenvalue weighted by atomic mass is 9.82. The molecule has 1 aliphatic carbocycles. The Morgan fingerprint density at radius 3 is 2.67 bits per heavy atom. The number of nitrogens with one attached hydrogen (secondary N) is 1. The third-order valence-corrected chi connectivity index (χ3v) is 5.18. The molecule has 0 atom stereocenters. The lowest BCUT2D eigenvalue weighted by molar-refractivity contribution is -0.143. The highest BCUT2D eigenvalue weighted by Crippen LogP contribution is 2.28. The van der Waals surface area contributed by atoms with Crippen molar-refractivity contribution in [2.45, 2.75) is 32.2 Å². The molecule has 0 unspecified atom stereocenters. The predicted octanol–water partition coefficient (Wildman–Crippen LogP) is 3.49. The summed E-state index contributed by atoms with van der Waals surface area (Å²) in [6.45, 7) is 1.91. The van der Waals surface area contributed by atoms with Crippen LogP contribution in [0.3, 0.4) is 0 Å². The number of carbonyl (C=O) groups is 1. The van der Waals surface area contributed by atoms with Crippen LogP contribution in [0, 0.1) is 11.8 Å². The normalized spacial score (nSPS) is 24.1. The van der Waals surface area contributed by atoms with Gasteiger partial charge in [0.15, 0.2) is 0 Å². The van der Waals surface area contributed by atoms with Crippen LogP contribution >= 0.6 is 27.3 Å². The van der Waals surface area contributed by atoms with Crippen LogP contribution in [0.15, 0.2) is 15.9 Å². The Balaban J connectivity index is 1.65. The maximum atomic E-state index is 10.8. The number of thiophene rings is 1. The van der Waals surface area contributed by atoms with Gasteiger partial charge >= 0.3 is 5.97 Å². The van der Waals surface area contributed by atoms with Gasteiger partial charge < -0.3 is 10.4 Å². The van der Waals surface area contributed by atoms with Gasteiger partial charge in [-0.1, -0.05) is 0 Å². The Morgan fingerprint density at radius 2 is 2.11 bits per heavy atom. The first-order valence-electron chi connectivity index (χ1n) is 6.33. The second kappa shape index (κ2) is 6.68. The lowest BCUT2D eigenvalue weighted by Gasteiger charge is -2.26. The van der Waals surface area contributed by atoms with Crippen LogP contribution in [0.1, 0.15) is 30.6 Å². The lowest BCUT2D eigenvalue weighted by Crippen LogP contribution is -2.28. The van der Waals surface area contributed by atoms with E-state index in [4.69, 9.17) is 5.11 Å². The summed E-state index contributed by atoms with van der Waals surface area (Å²) in [5.41, 5.74) is 0. The number of halogens is 1. The topological polar surface area (TPSA) is 49.3 Å². The molecule has 0 radical (unpaired) electrons. The van der Waals surface area contributed by atoms with Crippen LogP contribution in [0.25, 0.3) is 0 Å². The fourth-order valence-corrected chi connectivity index (χ4v) is 3.91. The number of hydrogen-bond donors (Lipinski definition) is 2. The van der Waals surface area contributed by atoms with E-state index < -0.39 is 5.97 Å². The van der Waals surface area contributed by atoms with Gasteiger partial charge in [0.2, 0.25) is 0 Å². The fraction of sp³-hybridized carbons (Fsp3) is 0.615. The number of rotatable bonds is 5. The molecular weight excluding hydrogens is 314 g/mol. The Hall–Kier alpha value is -0.390. The Bertz CT molecular complexity index is 399. The first-order chi connectivity index (χ1) is 8.65. The van der Waals surface area contributed by atoms with Crippen LogP contribution in [0.5, 0.6) is 0 Å². The van der Waals surface area contributed by atoms with Crippen LogP contribution < -0.4 is 5.32 Å². The summed E-state index contributed by atoms with van der Waals surface area (Å²) in [4.78, 5) is 12.2. The van der Waals surface area contributed by atoms with Crippen molar-refractivity contribution in [1.29, 1.82) is 0 Å². The molecule has 3 nitrogen and oxygen atoms in total.